The van der Waals surface area contributed by atoms with Crippen molar-refractivity contribution >= 4 is 33.3 Å². The topological polar surface area (TPSA) is 35.5 Å². The number of carbonyl (C=O) groups is 1. The van der Waals surface area contributed by atoms with Gasteiger partial charge in [0.1, 0.15) is 6.29 Å². The molecule has 40 heavy (non-hydrogen) atoms. The number of benzene rings is 2. The van der Waals surface area contributed by atoms with Gasteiger partial charge >= 0.3 is 0 Å². The molecule has 1 aliphatic rings. The number of rotatable bonds is 11. The standard InChI is InChI=1S/C35H54O3Si2/c1-28-24-30(26-36)35(8,22-17-23-37-39(9,10)33(2,3)4)25-29(28)27-38-40(34(5,6)7,31-18-13-11-14-19-31)32-20-15-12-16-21-32/h11-16,18-21,25-26,28,30H,17,22-24,27H2,1-10H3/t28-,30+,35-/m0/s1. The van der Waals surface area contributed by atoms with E-state index in [1.54, 1.807) is 0 Å². The van der Waals surface area contributed by atoms with Crippen molar-refractivity contribution in [3.63, 3.8) is 0 Å². The molecule has 0 spiro atoms. The third-order valence-electron chi connectivity index (χ3n) is 9.77. The summed E-state index contributed by atoms with van der Waals surface area (Å²) >= 11 is 0. The minimum atomic E-state index is -2.63. The van der Waals surface area contributed by atoms with Crippen LogP contribution in [0.15, 0.2) is 72.3 Å². The van der Waals surface area contributed by atoms with E-state index in [0.29, 0.717) is 12.5 Å². The van der Waals surface area contributed by atoms with Crippen LogP contribution in [0.5, 0.6) is 0 Å². The summed E-state index contributed by atoms with van der Waals surface area (Å²) in [4.78, 5) is 12.3. The first-order chi connectivity index (χ1) is 18.6. The van der Waals surface area contributed by atoms with Crippen molar-refractivity contribution < 1.29 is 13.6 Å². The van der Waals surface area contributed by atoms with Gasteiger partial charge in [0.25, 0.3) is 8.32 Å². The molecule has 0 bridgehead atoms. The SMILES string of the molecule is C[C@H]1C[C@H](C=O)[C@@](C)(CCCO[Si](C)(C)C(C)(C)C)C=C1CO[Si](c1ccccc1)(c1ccccc1)C(C)(C)C. The van der Waals surface area contributed by atoms with Crippen molar-refractivity contribution in [1.82, 2.24) is 0 Å². The molecule has 3 nitrogen and oxygen atoms in total. The van der Waals surface area contributed by atoms with Crippen LogP contribution in [0, 0.1) is 17.3 Å². The Labute approximate surface area is 247 Å². The van der Waals surface area contributed by atoms with Gasteiger partial charge in [-0.3, -0.25) is 0 Å². The molecule has 0 aromatic heterocycles. The fourth-order valence-corrected chi connectivity index (χ4v) is 11.7. The number of hydrogen-bond donors (Lipinski definition) is 0. The van der Waals surface area contributed by atoms with Crippen LogP contribution in [0.25, 0.3) is 0 Å². The summed E-state index contributed by atoms with van der Waals surface area (Å²) < 4.78 is 13.8. The van der Waals surface area contributed by atoms with E-state index in [1.807, 2.05) is 0 Å². The van der Waals surface area contributed by atoms with Gasteiger partial charge in [-0.25, -0.2) is 0 Å². The van der Waals surface area contributed by atoms with Crippen LogP contribution in [0.2, 0.25) is 23.2 Å². The molecule has 0 amide bonds. The Morgan fingerprint density at radius 3 is 1.85 bits per heavy atom. The van der Waals surface area contributed by atoms with E-state index >= 15 is 0 Å². The summed E-state index contributed by atoms with van der Waals surface area (Å²) in [5, 5.41) is 2.74. The lowest BCUT2D eigenvalue weighted by molar-refractivity contribution is -0.114. The predicted octanol–water partition coefficient (Wildman–Crippen LogP) is 8.15. The van der Waals surface area contributed by atoms with Gasteiger partial charge in [-0.1, -0.05) is 122 Å². The maximum atomic E-state index is 12.3. The van der Waals surface area contributed by atoms with Crippen molar-refractivity contribution in [2.75, 3.05) is 13.2 Å². The Balaban J connectivity index is 1.90. The first-order valence-corrected chi connectivity index (χ1v) is 19.9. The summed E-state index contributed by atoms with van der Waals surface area (Å²) in [6.07, 6.45) is 6.38. The molecule has 0 unspecified atom stereocenters. The predicted molar refractivity (Wildman–Crippen MR) is 175 cm³/mol. The third-order valence-corrected chi connectivity index (χ3v) is 19.3. The number of aldehydes is 1. The van der Waals surface area contributed by atoms with Crippen LogP contribution in [0.4, 0.5) is 0 Å². The number of carbonyl (C=O) groups excluding carboxylic acids is 1. The van der Waals surface area contributed by atoms with Crippen molar-refractivity contribution in [2.24, 2.45) is 17.3 Å². The van der Waals surface area contributed by atoms with Crippen LogP contribution in [0.1, 0.15) is 74.7 Å². The zero-order chi connectivity index (χ0) is 29.8. The first-order valence-electron chi connectivity index (χ1n) is 15.1. The van der Waals surface area contributed by atoms with Gasteiger partial charge in [0, 0.05) is 12.5 Å². The van der Waals surface area contributed by atoms with Crippen molar-refractivity contribution in [1.29, 1.82) is 0 Å². The Kier molecular flexibility index (Phi) is 10.3. The average Bonchev–Trinajstić information content (AvgIpc) is 2.88. The molecule has 2 aromatic carbocycles. The van der Waals surface area contributed by atoms with E-state index < -0.39 is 16.6 Å². The van der Waals surface area contributed by atoms with Gasteiger partial charge in [-0.05, 0) is 69.7 Å². The zero-order valence-corrected chi connectivity index (χ0v) is 28.8. The van der Waals surface area contributed by atoms with Gasteiger partial charge in [-0.15, -0.1) is 0 Å². The van der Waals surface area contributed by atoms with Gasteiger partial charge in [0.2, 0.25) is 0 Å². The lowest BCUT2D eigenvalue weighted by atomic mass is 9.65. The quantitative estimate of drug-likeness (QED) is 0.117. The van der Waals surface area contributed by atoms with E-state index in [2.05, 4.69) is 135 Å². The molecule has 0 fully saturated rings. The summed E-state index contributed by atoms with van der Waals surface area (Å²) in [5.74, 6) is 0.331. The Hall–Kier alpha value is -1.80. The molecule has 1 aliphatic carbocycles. The average molecular weight is 579 g/mol. The molecule has 0 N–H and O–H groups in total. The highest BCUT2D eigenvalue weighted by atomic mass is 28.4. The molecule has 0 heterocycles. The molecule has 3 atom stereocenters. The van der Waals surface area contributed by atoms with Crippen LogP contribution < -0.4 is 10.4 Å². The lowest BCUT2D eigenvalue weighted by Gasteiger charge is -2.45. The Bertz CT molecular complexity index is 1090. The maximum Gasteiger partial charge on any atom is 0.261 e. The zero-order valence-electron chi connectivity index (χ0n) is 26.8. The lowest BCUT2D eigenvalue weighted by Crippen LogP contribution is -2.66. The molecule has 0 saturated carbocycles. The van der Waals surface area contributed by atoms with Crippen LogP contribution in [-0.4, -0.2) is 36.1 Å². The maximum absolute atomic E-state index is 12.3. The highest BCUT2D eigenvalue weighted by molar-refractivity contribution is 6.99. The van der Waals surface area contributed by atoms with Gasteiger partial charge in [0.05, 0.1) is 6.61 Å². The summed E-state index contributed by atoms with van der Waals surface area (Å²) in [7, 11) is -4.41. The third kappa shape index (κ3) is 6.97. The molecular formula is C35H54O3Si2. The second-order valence-corrected chi connectivity index (χ2v) is 23.9. The Morgan fingerprint density at radius 1 is 0.875 bits per heavy atom. The molecule has 5 heteroatoms. The second kappa shape index (κ2) is 12.6. The monoisotopic (exact) mass is 578 g/mol. The first kappa shape index (κ1) is 32.7. The fourth-order valence-electron chi connectivity index (χ4n) is 6.08. The molecule has 220 valence electrons. The molecular weight excluding hydrogens is 525 g/mol. The van der Waals surface area contributed by atoms with Crippen LogP contribution in [-0.2, 0) is 13.6 Å². The molecule has 3 rings (SSSR count). The highest BCUT2D eigenvalue weighted by Crippen LogP contribution is 2.45. The highest BCUT2D eigenvalue weighted by Gasteiger charge is 2.50. The molecule has 0 aliphatic heterocycles. The Morgan fingerprint density at radius 2 is 1.40 bits per heavy atom. The number of allylic oxidation sites excluding steroid dienone is 1. The van der Waals surface area contributed by atoms with E-state index in [-0.39, 0.29) is 21.4 Å². The van der Waals surface area contributed by atoms with E-state index in [9.17, 15) is 4.79 Å². The van der Waals surface area contributed by atoms with Crippen LogP contribution >= 0.6 is 0 Å². The van der Waals surface area contributed by atoms with E-state index in [0.717, 1.165) is 25.9 Å². The van der Waals surface area contributed by atoms with Crippen molar-refractivity contribution in [3.8, 4) is 0 Å². The van der Waals surface area contributed by atoms with Gasteiger partial charge < -0.3 is 13.6 Å². The van der Waals surface area contributed by atoms with E-state index in [4.69, 9.17) is 8.85 Å². The second-order valence-electron chi connectivity index (χ2n) is 14.8. The minimum absolute atomic E-state index is 0.0204. The number of hydrogen-bond acceptors (Lipinski definition) is 3. The fraction of sp³-hybridized carbons (Fsp3) is 0.571. The summed E-state index contributed by atoms with van der Waals surface area (Å²) in [6, 6.07) is 21.7. The molecule has 2 aromatic rings. The van der Waals surface area contributed by atoms with Crippen molar-refractivity contribution in [3.05, 3.63) is 72.3 Å². The molecule has 0 saturated heterocycles. The van der Waals surface area contributed by atoms with Crippen molar-refractivity contribution in [2.45, 2.75) is 97.8 Å². The van der Waals surface area contributed by atoms with Crippen LogP contribution in [0.3, 0.4) is 0 Å². The smallest absolute Gasteiger partial charge is 0.261 e. The van der Waals surface area contributed by atoms with Gasteiger partial charge in [0.15, 0.2) is 8.32 Å². The molecule has 0 radical (unpaired) electrons. The van der Waals surface area contributed by atoms with E-state index in [1.165, 1.54) is 22.2 Å². The summed E-state index contributed by atoms with van der Waals surface area (Å²) in [6.45, 7) is 24.3. The van der Waals surface area contributed by atoms with Gasteiger partial charge in [-0.2, -0.15) is 0 Å². The largest absolute Gasteiger partial charge is 0.417 e. The summed E-state index contributed by atoms with van der Waals surface area (Å²) in [5.41, 5.74) is 1.15. The minimum Gasteiger partial charge on any atom is -0.417 e. The normalized spacial score (nSPS) is 22.6.